The van der Waals surface area contributed by atoms with Crippen LogP contribution in [0.15, 0.2) is 0 Å². The SMILES string of the molecule is CC[C@@H]1CC[C@@H]2CC2C1. The first-order valence-corrected chi connectivity index (χ1v) is 4.40. The van der Waals surface area contributed by atoms with Crippen LogP contribution in [0.2, 0.25) is 0 Å². The topological polar surface area (TPSA) is 0 Å². The minimum Gasteiger partial charge on any atom is -0.0651 e. The number of hydrogen-bond acceptors (Lipinski definition) is 0. The molecule has 0 nitrogen and oxygen atoms in total. The van der Waals surface area contributed by atoms with Crippen molar-refractivity contribution in [2.24, 2.45) is 17.8 Å². The van der Waals surface area contributed by atoms with E-state index in [9.17, 15) is 0 Å². The van der Waals surface area contributed by atoms with E-state index in [-0.39, 0.29) is 0 Å². The number of hydrogen-bond donors (Lipinski definition) is 0. The molecule has 0 aliphatic heterocycles. The molecule has 0 heterocycles. The average Bonchev–Trinajstić information content (AvgIpc) is 2.64. The fourth-order valence-electron chi connectivity index (χ4n) is 2.32. The molecular weight excluding hydrogens is 108 g/mol. The summed E-state index contributed by atoms with van der Waals surface area (Å²) in [6.07, 6.45) is 7.68. The highest BCUT2D eigenvalue weighted by atomic mass is 14.5. The second kappa shape index (κ2) is 2.00. The molecule has 0 heteroatoms. The first-order valence-electron chi connectivity index (χ1n) is 4.40. The molecule has 0 bridgehead atoms. The Balaban J connectivity index is 1.86. The summed E-state index contributed by atoms with van der Waals surface area (Å²) in [4.78, 5) is 0. The first-order chi connectivity index (χ1) is 4.40. The predicted molar refractivity (Wildman–Crippen MR) is 39.2 cm³/mol. The Hall–Kier alpha value is 0. The third kappa shape index (κ3) is 0.997. The smallest absolute Gasteiger partial charge is 0.0380 e. The molecule has 0 aromatic carbocycles. The maximum absolute atomic E-state index is 2.34. The van der Waals surface area contributed by atoms with Gasteiger partial charge in [0.15, 0.2) is 0 Å². The van der Waals surface area contributed by atoms with Crippen molar-refractivity contribution < 1.29 is 0 Å². The van der Waals surface area contributed by atoms with Crippen LogP contribution in [0.1, 0.15) is 39.0 Å². The summed E-state index contributed by atoms with van der Waals surface area (Å²) in [7, 11) is 0. The standard InChI is InChI=1S/C9H16/c1-2-7-3-4-8-6-9(8)5-7/h7-9H,2-6H2,1H3/t7-,8-,9?/m1/s1. The molecule has 2 aliphatic rings. The van der Waals surface area contributed by atoms with Gasteiger partial charge in [0, 0.05) is 0 Å². The zero-order valence-corrected chi connectivity index (χ0v) is 6.27. The Labute approximate surface area is 57.6 Å². The largest absolute Gasteiger partial charge is 0.0651 e. The Morgan fingerprint density at radius 1 is 1.11 bits per heavy atom. The van der Waals surface area contributed by atoms with Gasteiger partial charge in [-0.05, 0) is 37.0 Å². The van der Waals surface area contributed by atoms with Crippen molar-refractivity contribution in [3.05, 3.63) is 0 Å². The third-order valence-corrected chi connectivity index (χ3v) is 3.23. The maximum atomic E-state index is 2.34. The lowest BCUT2D eigenvalue weighted by atomic mass is 9.88. The molecule has 2 saturated carbocycles. The lowest BCUT2D eigenvalue weighted by molar-refractivity contribution is 0.335. The minimum absolute atomic E-state index is 1.11. The minimum atomic E-state index is 1.11. The van der Waals surface area contributed by atoms with Crippen molar-refractivity contribution in [1.29, 1.82) is 0 Å². The van der Waals surface area contributed by atoms with E-state index in [0.717, 1.165) is 5.92 Å². The molecule has 0 N–H and O–H groups in total. The molecule has 0 radical (unpaired) electrons. The summed E-state index contributed by atoms with van der Waals surface area (Å²) >= 11 is 0. The van der Waals surface area contributed by atoms with Gasteiger partial charge in [0.05, 0.1) is 0 Å². The molecule has 1 unspecified atom stereocenters. The summed E-state index contributed by atoms with van der Waals surface area (Å²) in [5.74, 6) is 3.48. The molecule has 2 rings (SSSR count). The Kier molecular flexibility index (Phi) is 1.28. The molecule has 9 heavy (non-hydrogen) atoms. The van der Waals surface area contributed by atoms with Crippen LogP contribution in [-0.4, -0.2) is 0 Å². The third-order valence-electron chi connectivity index (χ3n) is 3.23. The van der Waals surface area contributed by atoms with Gasteiger partial charge in [-0.25, -0.2) is 0 Å². The van der Waals surface area contributed by atoms with E-state index in [2.05, 4.69) is 6.92 Å². The molecule has 0 aromatic rings. The molecule has 0 aromatic heterocycles. The van der Waals surface area contributed by atoms with E-state index >= 15 is 0 Å². The van der Waals surface area contributed by atoms with Crippen LogP contribution in [0.25, 0.3) is 0 Å². The lowest BCUT2D eigenvalue weighted by Gasteiger charge is -2.18. The van der Waals surface area contributed by atoms with Crippen molar-refractivity contribution in [3.8, 4) is 0 Å². The van der Waals surface area contributed by atoms with Crippen LogP contribution in [0.4, 0.5) is 0 Å². The molecule has 2 aliphatic carbocycles. The van der Waals surface area contributed by atoms with Crippen molar-refractivity contribution >= 4 is 0 Å². The Morgan fingerprint density at radius 3 is 2.67 bits per heavy atom. The number of fused-ring (bicyclic) bond motifs is 1. The van der Waals surface area contributed by atoms with Crippen molar-refractivity contribution in [1.82, 2.24) is 0 Å². The van der Waals surface area contributed by atoms with Crippen molar-refractivity contribution in [3.63, 3.8) is 0 Å². The van der Waals surface area contributed by atoms with E-state index in [4.69, 9.17) is 0 Å². The van der Waals surface area contributed by atoms with Crippen molar-refractivity contribution in [2.75, 3.05) is 0 Å². The van der Waals surface area contributed by atoms with Gasteiger partial charge < -0.3 is 0 Å². The van der Waals surface area contributed by atoms with Crippen LogP contribution in [-0.2, 0) is 0 Å². The van der Waals surface area contributed by atoms with Gasteiger partial charge in [0.2, 0.25) is 0 Å². The average molecular weight is 124 g/mol. The highest BCUT2D eigenvalue weighted by Gasteiger charge is 2.41. The molecule has 3 atom stereocenters. The summed E-state index contributed by atoms with van der Waals surface area (Å²) in [6.45, 7) is 2.34. The van der Waals surface area contributed by atoms with Crippen LogP contribution >= 0.6 is 0 Å². The fourth-order valence-corrected chi connectivity index (χ4v) is 2.32. The van der Waals surface area contributed by atoms with Gasteiger partial charge in [-0.1, -0.05) is 19.8 Å². The Morgan fingerprint density at radius 2 is 2.00 bits per heavy atom. The monoisotopic (exact) mass is 124 g/mol. The normalized spacial score (nSPS) is 48.3. The van der Waals surface area contributed by atoms with Crippen LogP contribution in [0.3, 0.4) is 0 Å². The molecule has 0 spiro atoms. The zero-order valence-electron chi connectivity index (χ0n) is 6.27. The van der Waals surface area contributed by atoms with Gasteiger partial charge in [0.25, 0.3) is 0 Å². The molecular formula is C9H16. The summed E-state index contributed by atoms with van der Waals surface area (Å²) in [6, 6.07) is 0. The zero-order chi connectivity index (χ0) is 6.27. The molecule has 0 saturated heterocycles. The van der Waals surface area contributed by atoms with Crippen LogP contribution < -0.4 is 0 Å². The highest BCUT2D eigenvalue weighted by Crippen LogP contribution is 2.51. The Bertz CT molecular complexity index is 107. The number of rotatable bonds is 1. The molecule has 2 fully saturated rings. The summed E-state index contributed by atoms with van der Waals surface area (Å²) < 4.78 is 0. The molecule has 0 amide bonds. The van der Waals surface area contributed by atoms with E-state index in [1.165, 1.54) is 24.7 Å². The lowest BCUT2D eigenvalue weighted by Crippen LogP contribution is -2.06. The van der Waals surface area contributed by atoms with Crippen LogP contribution in [0.5, 0.6) is 0 Å². The van der Waals surface area contributed by atoms with Gasteiger partial charge in [-0.2, -0.15) is 0 Å². The van der Waals surface area contributed by atoms with E-state index in [0.29, 0.717) is 0 Å². The fraction of sp³-hybridized carbons (Fsp3) is 1.00. The van der Waals surface area contributed by atoms with E-state index < -0.39 is 0 Å². The highest BCUT2D eigenvalue weighted by molar-refractivity contribution is 4.91. The van der Waals surface area contributed by atoms with Gasteiger partial charge in [-0.15, -0.1) is 0 Å². The first kappa shape index (κ1) is 5.76. The van der Waals surface area contributed by atoms with Crippen molar-refractivity contribution in [2.45, 2.75) is 39.0 Å². The summed E-state index contributed by atoms with van der Waals surface area (Å²) in [5.41, 5.74) is 0. The van der Waals surface area contributed by atoms with Gasteiger partial charge >= 0.3 is 0 Å². The van der Waals surface area contributed by atoms with Gasteiger partial charge in [0.1, 0.15) is 0 Å². The quantitative estimate of drug-likeness (QED) is 0.504. The van der Waals surface area contributed by atoms with Gasteiger partial charge in [-0.3, -0.25) is 0 Å². The van der Waals surface area contributed by atoms with E-state index in [1.807, 2.05) is 0 Å². The predicted octanol–water partition coefficient (Wildman–Crippen LogP) is 2.83. The molecule has 52 valence electrons. The summed E-state index contributed by atoms with van der Waals surface area (Å²) in [5, 5.41) is 0. The second-order valence-electron chi connectivity index (χ2n) is 3.84. The van der Waals surface area contributed by atoms with E-state index in [1.54, 1.807) is 19.3 Å². The second-order valence-corrected chi connectivity index (χ2v) is 3.84. The van der Waals surface area contributed by atoms with Crippen LogP contribution in [0, 0.1) is 17.8 Å². The maximum Gasteiger partial charge on any atom is -0.0380 e.